The molecule has 0 saturated heterocycles. The van der Waals surface area contributed by atoms with Crippen molar-refractivity contribution in [3.8, 4) is 11.5 Å². The predicted molar refractivity (Wildman–Crippen MR) is 53.8 cm³/mol. The highest BCUT2D eigenvalue weighted by atomic mass is 16.5. The van der Waals surface area contributed by atoms with E-state index in [1.54, 1.807) is 26.2 Å². The number of benzene rings is 1. The van der Waals surface area contributed by atoms with Crippen molar-refractivity contribution in [1.82, 2.24) is 0 Å². The first-order valence-corrected chi connectivity index (χ1v) is 4.41. The summed E-state index contributed by atoms with van der Waals surface area (Å²) in [6.45, 7) is 3.26. The lowest BCUT2D eigenvalue weighted by molar-refractivity contribution is -0.116. The van der Waals surface area contributed by atoms with Crippen molar-refractivity contribution < 1.29 is 14.6 Å². The minimum atomic E-state index is 0.0323. The third-order valence-electron chi connectivity index (χ3n) is 2.12. The van der Waals surface area contributed by atoms with Crippen molar-refractivity contribution in [1.29, 1.82) is 0 Å². The van der Waals surface area contributed by atoms with Gasteiger partial charge in [-0.3, -0.25) is 4.79 Å². The van der Waals surface area contributed by atoms with E-state index >= 15 is 0 Å². The first-order chi connectivity index (χ1) is 6.56. The smallest absolute Gasteiger partial charge is 0.134 e. The van der Waals surface area contributed by atoms with Crippen LogP contribution in [0.15, 0.2) is 12.1 Å². The molecule has 3 heteroatoms. The number of carbonyl (C=O) groups is 1. The van der Waals surface area contributed by atoms with Gasteiger partial charge in [0.05, 0.1) is 7.11 Å². The molecule has 0 amide bonds. The minimum Gasteiger partial charge on any atom is -0.507 e. The van der Waals surface area contributed by atoms with Gasteiger partial charge in [-0.25, -0.2) is 0 Å². The molecule has 3 nitrogen and oxygen atoms in total. The number of hydrogen-bond donors (Lipinski definition) is 1. The molecule has 1 aromatic carbocycles. The second-order valence-electron chi connectivity index (χ2n) is 3.28. The summed E-state index contributed by atoms with van der Waals surface area (Å²) in [4.78, 5) is 10.9. The molecule has 1 N–H and O–H groups in total. The summed E-state index contributed by atoms with van der Waals surface area (Å²) in [5, 5.41) is 9.73. The van der Waals surface area contributed by atoms with E-state index in [2.05, 4.69) is 0 Å². The fourth-order valence-corrected chi connectivity index (χ4v) is 1.37. The largest absolute Gasteiger partial charge is 0.507 e. The lowest BCUT2D eigenvalue weighted by Crippen LogP contribution is -1.98. The van der Waals surface area contributed by atoms with E-state index in [4.69, 9.17) is 4.74 Å². The molecule has 0 bridgehead atoms. The van der Waals surface area contributed by atoms with Crippen LogP contribution in [-0.2, 0) is 11.2 Å². The highest BCUT2D eigenvalue weighted by Crippen LogP contribution is 2.30. The Labute approximate surface area is 83.3 Å². The molecule has 0 atom stereocenters. The Bertz CT molecular complexity index is 356. The van der Waals surface area contributed by atoms with Gasteiger partial charge < -0.3 is 9.84 Å². The second kappa shape index (κ2) is 4.13. The Balaban J connectivity index is 3.10. The van der Waals surface area contributed by atoms with Crippen molar-refractivity contribution in [3.63, 3.8) is 0 Å². The summed E-state index contributed by atoms with van der Waals surface area (Å²) in [6, 6.07) is 3.47. The Hall–Kier alpha value is -1.51. The van der Waals surface area contributed by atoms with Crippen molar-refractivity contribution in [2.24, 2.45) is 0 Å². The summed E-state index contributed by atoms with van der Waals surface area (Å²) in [6.07, 6.45) is 0.261. The van der Waals surface area contributed by atoms with Crippen molar-refractivity contribution in [2.45, 2.75) is 20.3 Å². The van der Waals surface area contributed by atoms with Gasteiger partial charge in [0.15, 0.2) is 0 Å². The summed E-state index contributed by atoms with van der Waals surface area (Å²) < 4.78 is 5.04. The quantitative estimate of drug-likeness (QED) is 0.798. The highest BCUT2D eigenvalue weighted by Gasteiger charge is 2.10. The van der Waals surface area contributed by atoms with Crippen LogP contribution in [0.4, 0.5) is 0 Å². The molecule has 1 rings (SSSR count). The number of ketones is 1. The van der Waals surface area contributed by atoms with Crippen LogP contribution >= 0.6 is 0 Å². The third kappa shape index (κ3) is 2.05. The minimum absolute atomic E-state index is 0.0323. The summed E-state index contributed by atoms with van der Waals surface area (Å²) in [5.41, 5.74) is 1.32. The van der Waals surface area contributed by atoms with E-state index < -0.39 is 0 Å². The van der Waals surface area contributed by atoms with E-state index in [0.717, 1.165) is 0 Å². The lowest BCUT2D eigenvalue weighted by Gasteiger charge is -2.09. The molecule has 0 aromatic heterocycles. The zero-order valence-electron chi connectivity index (χ0n) is 8.63. The van der Waals surface area contributed by atoms with E-state index in [1.807, 2.05) is 0 Å². The number of rotatable bonds is 3. The first kappa shape index (κ1) is 10.6. The molecule has 0 fully saturated rings. The normalized spacial score (nSPS) is 9.93. The molecular weight excluding hydrogens is 180 g/mol. The number of methoxy groups -OCH3 is 1. The van der Waals surface area contributed by atoms with Crippen LogP contribution in [0.2, 0.25) is 0 Å². The maximum Gasteiger partial charge on any atom is 0.134 e. The standard InChI is InChI=1S/C11H14O3/c1-7(12)6-9-4-5-10(14-3)8(2)11(9)13/h4-5,13H,6H2,1-3H3. The van der Waals surface area contributed by atoms with Crippen LogP contribution in [0.1, 0.15) is 18.1 Å². The fourth-order valence-electron chi connectivity index (χ4n) is 1.37. The van der Waals surface area contributed by atoms with Crippen LogP contribution in [0, 0.1) is 6.92 Å². The molecule has 1 aromatic rings. The van der Waals surface area contributed by atoms with Gasteiger partial charge in [0, 0.05) is 17.5 Å². The zero-order chi connectivity index (χ0) is 10.7. The summed E-state index contributed by atoms with van der Waals surface area (Å²) >= 11 is 0. The molecule has 0 aliphatic heterocycles. The monoisotopic (exact) mass is 194 g/mol. The molecule has 14 heavy (non-hydrogen) atoms. The van der Waals surface area contributed by atoms with Gasteiger partial charge in [0.2, 0.25) is 0 Å². The van der Waals surface area contributed by atoms with Crippen LogP contribution in [0.25, 0.3) is 0 Å². The molecule has 0 unspecified atom stereocenters. The van der Waals surface area contributed by atoms with Crippen LogP contribution in [0.3, 0.4) is 0 Å². The zero-order valence-corrected chi connectivity index (χ0v) is 8.63. The van der Waals surface area contributed by atoms with Crippen molar-refractivity contribution >= 4 is 5.78 Å². The van der Waals surface area contributed by atoms with Gasteiger partial charge in [-0.15, -0.1) is 0 Å². The summed E-state index contributed by atoms with van der Waals surface area (Å²) in [5.74, 6) is 0.819. The van der Waals surface area contributed by atoms with E-state index in [0.29, 0.717) is 16.9 Å². The van der Waals surface area contributed by atoms with Gasteiger partial charge in [-0.2, -0.15) is 0 Å². The van der Waals surface area contributed by atoms with E-state index in [1.165, 1.54) is 6.92 Å². The average molecular weight is 194 g/mol. The number of phenolic OH excluding ortho intramolecular Hbond substituents is 1. The first-order valence-electron chi connectivity index (χ1n) is 4.41. The topological polar surface area (TPSA) is 46.5 Å². The van der Waals surface area contributed by atoms with Crippen LogP contribution < -0.4 is 4.74 Å². The van der Waals surface area contributed by atoms with E-state index in [9.17, 15) is 9.90 Å². The Morgan fingerprint density at radius 2 is 2.14 bits per heavy atom. The Morgan fingerprint density at radius 3 is 2.64 bits per heavy atom. The number of Topliss-reactive ketones (excluding diaryl/α,β-unsaturated/α-hetero) is 1. The van der Waals surface area contributed by atoms with Gasteiger partial charge in [-0.1, -0.05) is 6.07 Å². The lowest BCUT2D eigenvalue weighted by atomic mass is 10.0. The number of aromatic hydroxyl groups is 1. The molecular formula is C11H14O3. The third-order valence-corrected chi connectivity index (χ3v) is 2.12. The van der Waals surface area contributed by atoms with Gasteiger partial charge >= 0.3 is 0 Å². The maximum atomic E-state index is 10.9. The molecule has 0 aliphatic rings. The molecule has 76 valence electrons. The SMILES string of the molecule is COc1ccc(CC(C)=O)c(O)c1C. The Morgan fingerprint density at radius 1 is 1.50 bits per heavy atom. The van der Waals surface area contributed by atoms with Gasteiger partial charge in [-0.05, 0) is 19.9 Å². The van der Waals surface area contributed by atoms with Crippen molar-refractivity contribution in [2.75, 3.05) is 7.11 Å². The second-order valence-corrected chi connectivity index (χ2v) is 3.28. The van der Waals surface area contributed by atoms with E-state index in [-0.39, 0.29) is 18.0 Å². The molecule has 0 aliphatic carbocycles. The number of phenols is 1. The Kier molecular flexibility index (Phi) is 3.12. The highest BCUT2D eigenvalue weighted by molar-refractivity contribution is 5.79. The van der Waals surface area contributed by atoms with Crippen LogP contribution in [-0.4, -0.2) is 18.0 Å². The number of hydrogen-bond acceptors (Lipinski definition) is 3. The predicted octanol–water partition coefficient (Wildman–Crippen LogP) is 1.84. The molecule has 0 radical (unpaired) electrons. The van der Waals surface area contributed by atoms with Gasteiger partial charge in [0.1, 0.15) is 17.3 Å². The van der Waals surface area contributed by atoms with Crippen LogP contribution in [0.5, 0.6) is 11.5 Å². The maximum absolute atomic E-state index is 10.9. The summed E-state index contributed by atoms with van der Waals surface area (Å²) in [7, 11) is 1.55. The fraction of sp³-hybridized carbons (Fsp3) is 0.364. The molecule has 0 saturated carbocycles. The average Bonchev–Trinajstić information content (AvgIpc) is 2.13. The van der Waals surface area contributed by atoms with Gasteiger partial charge in [0.25, 0.3) is 0 Å². The number of ether oxygens (including phenoxy) is 1. The van der Waals surface area contributed by atoms with Crippen molar-refractivity contribution in [3.05, 3.63) is 23.3 Å². The number of carbonyl (C=O) groups excluding carboxylic acids is 1. The molecule has 0 spiro atoms. The molecule has 0 heterocycles.